The maximum Gasteiger partial charge on any atom is 0.146 e. The normalized spacial score (nSPS) is 11.1. The monoisotopic (exact) mass is 456 g/mol. The van der Waals surface area contributed by atoms with Gasteiger partial charge in [0.2, 0.25) is 0 Å². The third kappa shape index (κ3) is 4.69. The van der Waals surface area contributed by atoms with Gasteiger partial charge in [-0.15, -0.1) is 0 Å². The number of pyridine rings is 2. The summed E-state index contributed by atoms with van der Waals surface area (Å²) in [6.07, 6.45) is 7.13. The molecule has 0 aliphatic heterocycles. The number of para-hydroxylation sites is 1. The van der Waals surface area contributed by atoms with Gasteiger partial charge in [0.1, 0.15) is 17.9 Å². The molecule has 4 aromatic rings. The first-order valence-corrected chi connectivity index (χ1v) is 10.9. The van der Waals surface area contributed by atoms with Crippen LogP contribution in [-0.4, -0.2) is 9.97 Å². The van der Waals surface area contributed by atoms with Crippen molar-refractivity contribution in [1.29, 1.82) is 0 Å². The highest BCUT2D eigenvalue weighted by atomic mass is 35.5. The topological polar surface area (TPSA) is 64.3 Å². The standard InChI is InChI=1S/C27H25ClN4O/c1-4-13-32(19(3)20-9-6-5-7-10-20)25-14-18(2)31-27-21(25)11-8-12-26(27)33-17-22-23(28)15-30-16-24(22)29/h4-16H,3,17,29H2,1-2H3/b13-4-. The first-order chi connectivity index (χ1) is 16.0. The number of nitrogen functional groups attached to an aromatic ring is 1. The van der Waals surface area contributed by atoms with E-state index in [9.17, 15) is 0 Å². The molecule has 6 heteroatoms. The zero-order valence-electron chi connectivity index (χ0n) is 18.6. The van der Waals surface area contributed by atoms with E-state index in [1.807, 2.05) is 74.7 Å². The van der Waals surface area contributed by atoms with Crippen molar-refractivity contribution in [3.63, 3.8) is 0 Å². The van der Waals surface area contributed by atoms with Crippen molar-refractivity contribution < 1.29 is 4.74 Å². The highest BCUT2D eigenvalue weighted by Crippen LogP contribution is 2.36. The first-order valence-electron chi connectivity index (χ1n) is 10.6. The highest BCUT2D eigenvalue weighted by Gasteiger charge is 2.17. The molecule has 4 rings (SSSR count). The van der Waals surface area contributed by atoms with Gasteiger partial charge in [0.25, 0.3) is 0 Å². The molecule has 0 amide bonds. The molecule has 0 bridgehead atoms. The molecule has 2 heterocycles. The first kappa shape index (κ1) is 22.4. The lowest BCUT2D eigenvalue weighted by Gasteiger charge is -2.25. The van der Waals surface area contributed by atoms with Gasteiger partial charge in [-0.25, -0.2) is 4.98 Å². The molecule has 0 atom stereocenters. The van der Waals surface area contributed by atoms with E-state index in [2.05, 4.69) is 22.5 Å². The van der Waals surface area contributed by atoms with Gasteiger partial charge >= 0.3 is 0 Å². The minimum Gasteiger partial charge on any atom is -0.486 e. The average Bonchev–Trinajstić information content (AvgIpc) is 2.82. The van der Waals surface area contributed by atoms with Crippen LogP contribution in [0.25, 0.3) is 16.6 Å². The van der Waals surface area contributed by atoms with E-state index in [1.165, 1.54) is 0 Å². The lowest BCUT2D eigenvalue weighted by atomic mass is 10.1. The number of aryl methyl sites for hydroxylation is 1. The number of aromatic nitrogens is 2. The van der Waals surface area contributed by atoms with Gasteiger partial charge in [-0.05, 0) is 31.5 Å². The Hall–Kier alpha value is -3.83. The molecule has 0 aliphatic carbocycles. The fraction of sp³-hybridized carbons (Fsp3) is 0.111. The second-order valence-electron chi connectivity index (χ2n) is 7.58. The van der Waals surface area contributed by atoms with Gasteiger partial charge in [-0.2, -0.15) is 0 Å². The summed E-state index contributed by atoms with van der Waals surface area (Å²) < 4.78 is 6.15. The summed E-state index contributed by atoms with van der Waals surface area (Å²) in [5.74, 6) is 0.649. The second-order valence-corrected chi connectivity index (χ2v) is 7.99. The molecule has 0 saturated carbocycles. The number of nitrogens with zero attached hydrogens (tertiary/aromatic N) is 3. The van der Waals surface area contributed by atoms with Crippen molar-refractivity contribution in [2.45, 2.75) is 20.5 Å². The van der Waals surface area contributed by atoms with E-state index < -0.39 is 0 Å². The summed E-state index contributed by atoms with van der Waals surface area (Å²) >= 11 is 6.27. The minimum atomic E-state index is 0.215. The Bertz CT molecular complexity index is 1310. The molecule has 2 aromatic heterocycles. The fourth-order valence-corrected chi connectivity index (χ4v) is 3.88. The second kappa shape index (κ2) is 9.76. The lowest BCUT2D eigenvalue weighted by Crippen LogP contribution is -2.14. The fourth-order valence-electron chi connectivity index (χ4n) is 3.66. The number of allylic oxidation sites excluding steroid dienone is 1. The molecule has 0 aliphatic rings. The number of anilines is 2. The van der Waals surface area contributed by atoms with E-state index in [0.29, 0.717) is 22.0 Å². The summed E-state index contributed by atoms with van der Waals surface area (Å²) in [7, 11) is 0. The van der Waals surface area contributed by atoms with Gasteiger partial charge in [0.05, 0.1) is 22.6 Å². The number of nitrogens with two attached hydrogens (primary N) is 1. The van der Waals surface area contributed by atoms with E-state index in [0.717, 1.165) is 33.5 Å². The van der Waals surface area contributed by atoms with Crippen molar-refractivity contribution in [3.8, 4) is 5.75 Å². The Morgan fingerprint density at radius 2 is 1.94 bits per heavy atom. The maximum atomic E-state index is 6.27. The lowest BCUT2D eigenvalue weighted by molar-refractivity contribution is 0.310. The van der Waals surface area contributed by atoms with Crippen LogP contribution in [0.1, 0.15) is 23.7 Å². The molecule has 0 fully saturated rings. The molecular weight excluding hydrogens is 432 g/mol. The predicted octanol–water partition coefficient (Wildman–Crippen LogP) is 6.76. The zero-order valence-corrected chi connectivity index (χ0v) is 19.4. The van der Waals surface area contributed by atoms with Crippen molar-refractivity contribution in [2.75, 3.05) is 10.6 Å². The quantitative estimate of drug-likeness (QED) is 0.332. The molecule has 2 aromatic carbocycles. The molecule has 0 radical (unpaired) electrons. The van der Waals surface area contributed by atoms with Gasteiger partial charge < -0.3 is 15.4 Å². The summed E-state index contributed by atoms with van der Waals surface area (Å²) in [5.41, 5.74) is 11.7. The third-order valence-corrected chi connectivity index (χ3v) is 5.60. The van der Waals surface area contributed by atoms with Crippen LogP contribution in [0.4, 0.5) is 11.4 Å². The Labute approximate surface area is 198 Å². The van der Waals surface area contributed by atoms with Crippen LogP contribution < -0.4 is 15.4 Å². The zero-order chi connectivity index (χ0) is 23.4. The molecule has 0 unspecified atom stereocenters. The SMILES string of the molecule is C=C(c1ccccc1)N(/C=C\C)c1cc(C)nc2c(OCc3c(N)cncc3Cl)cccc12. The summed E-state index contributed by atoms with van der Waals surface area (Å²) in [6.45, 7) is 8.53. The molecule has 33 heavy (non-hydrogen) atoms. The largest absolute Gasteiger partial charge is 0.486 e. The van der Waals surface area contributed by atoms with E-state index in [4.69, 9.17) is 27.1 Å². The average molecular weight is 457 g/mol. The molecule has 0 spiro atoms. The van der Waals surface area contributed by atoms with Crippen LogP contribution in [0, 0.1) is 6.92 Å². The molecule has 5 nitrogen and oxygen atoms in total. The van der Waals surface area contributed by atoms with E-state index >= 15 is 0 Å². The number of hydrogen-bond acceptors (Lipinski definition) is 5. The highest BCUT2D eigenvalue weighted by molar-refractivity contribution is 6.31. The molecule has 2 N–H and O–H groups in total. The van der Waals surface area contributed by atoms with Crippen LogP contribution in [0.2, 0.25) is 5.02 Å². The van der Waals surface area contributed by atoms with Crippen LogP contribution >= 0.6 is 11.6 Å². The molecule has 0 saturated heterocycles. The maximum absolute atomic E-state index is 6.27. The van der Waals surface area contributed by atoms with E-state index in [-0.39, 0.29) is 6.61 Å². The van der Waals surface area contributed by atoms with E-state index in [1.54, 1.807) is 12.4 Å². The Morgan fingerprint density at radius 3 is 2.67 bits per heavy atom. The van der Waals surface area contributed by atoms with Gasteiger partial charge in [0.15, 0.2) is 0 Å². The van der Waals surface area contributed by atoms with Crippen molar-refractivity contribution in [1.82, 2.24) is 9.97 Å². The van der Waals surface area contributed by atoms with Gasteiger partial charge in [-0.3, -0.25) is 4.98 Å². The smallest absolute Gasteiger partial charge is 0.146 e. The number of benzene rings is 2. The van der Waals surface area contributed by atoms with Crippen molar-refractivity contribution in [2.24, 2.45) is 0 Å². The summed E-state index contributed by atoms with van der Waals surface area (Å²) in [6, 6.07) is 18.0. The van der Waals surface area contributed by atoms with Crippen molar-refractivity contribution >= 4 is 39.6 Å². The van der Waals surface area contributed by atoms with Crippen LogP contribution in [0.3, 0.4) is 0 Å². The number of fused-ring (bicyclic) bond motifs is 1. The number of ether oxygens (including phenoxy) is 1. The number of halogens is 1. The van der Waals surface area contributed by atoms with Crippen LogP contribution in [-0.2, 0) is 6.61 Å². The van der Waals surface area contributed by atoms with Gasteiger partial charge in [-0.1, -0.05) is 66.7 Å². The third-order valence-electron chi connectivity index (χ3n) is 5.27. The number of rotatable bonds is 7. The molecule has 166 valence electrons. The Morgan fingerprint density at radius 1 is 1.15 bits per heavy atom. The Balaban J connectivity index is 1.78. The van der Waals surface area contributed by atoms with Crippen LogP contribution in [0.5, 0.6) is 5.75 Å². The minimum absolute atomic E-state index is 0.215. The Kier molecular flexibility index (Phi) is 6.61. The van der Waals surface area contributed by atoms with Gasteiger partial charge in [0, 0.05) is 34.7 Å². The predicted molar refractivity (Wildman–Crippen MR) is 137 cm³/mol. The summed E-state index contributed by atoms with van der Waals surface area (Å²) in [5, 5.41) is 1.42. The summed E-state index contributed by atoms with van der Waals surface area (Å²) in [4.78, 5) is 10.9. The van der Waals surface area contributed by atoms with Crippen LogP contribution in [0.15, 0.2) is 85.8 Å². The molecular formula is C27H25ClN4O. The number of hydrogen-bond donors (Lipinski definition) is 1. The van der Waals surface area contributed by atoms with Crippen molar-refractivity contribution in [3.05, 3.63) is 108 Å².